The van der Waals surface area contributed by atoms with E-state index in [9.17, 15) is 0 Å². The number of hydrogen-bond donors (Lipinski definition) is 1. The normalized spacial score (nSPS) is 1.50. The summed E-state index contributed by atoms with van der Waals surface area (Å²) in [5.74, 6) is 0. The predicted octanol–water partition coefficient (Wildman–Crippen LogP) is -1.06. The van der Waals surface area contributed by atoms with Crippen molar-refractivity contribution in [2.45, 2.75) is 0 Å². The Kier molecular flexibility index (Phi) is 220. The third kappa shape index (κ3) is 13.3. The molecule has 0 amide bonds. The summed E-state index contributed by atoms with van der Waals surface area (Å²) >= 11 is 0. The van der Waals surface area contributed by atoms with Crippen molar-refractivity contribution in [2.24, 2.45) is 0 Å². The summed E-state index contributed by atoms with van der Waals surface area (Å²) in [5, 5.41) is 0. The standard InChI is InChI=1S/Fe.H3OP.H2O/c;1-2;/h;1H,2H2;1H2. The van der Waals surface area contributed by atoms with Crippen LogP contribution in [0.4, 0.5) is 0 Å². The second kappa shape index (κ2) is 42.1. The van der Waals surface area contributed by atoms with Gasteiger partial charge in [-0.2, -0.15) is 0 Å². The van der Waals surface area contributed by atoms with Crippen molar-refractivity contribution in [3.63, 3.8) is 0 Å². The van der Waals surface area contributed by atoms with Crippen LogP contribution in [0.1, 0.15) is 0 Å². The summed E-state index contributed by atoms with van der Waals surface area (Å²) in [4.78, 5) is 6.92. The molecular formula is H5FeO2P. The minimum Gasteiger partial charge on any atom is -0.412 e. The summed E-state index contributed by atoms with van der Waals surface area (Å²) in [6.45, 7) is 0. The molecule has 0 saturated heterocycles. The zero-order chi connectivity index (χ0) is 2.00. The molecule has 0 aromatic carbocycles. The minimum absolute atomic E-state index is 0. The van der Waals surface area contributed by atoms with Crippen LogP contribution in [0.2, 0.25) is 0 Å². The maximum Gasteiger partial charge on any atom is 0 e. The average Bonchev–Trinajstić information content (AvgIpc) is 1.00. The van der Waals surface area contributed by atoms with E-state index in [1.54, 1.807) is 0 Å². The molecule has 4 heteroatoms. The van der Waals surface area contributed by atoms with Gasteiger partial charge in [0.25, 0.3) is 0 Å². The van der Waals surface area contributed by atoms with Gasteiger partial charge in [-0.1, -0.05) is 0 Å². The Morgan fingerprint density at radius 3 is 1.25 bits per heavy atom. The summed E-state index contributed by atoms with van der Waals surface area (Å²) in [6, 6.07) is 0. The summed E-state index contributed by atoms with van der Waals surface area (Å²) in [6.07, 6.45) is 0. The van der Waals surface area contributed by atoms with Crippen LogP contribution in [0.15, 0.2) is 0 Å². The van der Waals surface area contributed by atoms with Crippen LogP contribution in [-0.2, 0) is 17.1 Å². The molecule has 1 atom stereocenters. The van der Waals surface area contributed by atoms with Gasteiger partial charge < -0.3 is 10.4 Å². The van der Waals surface area contributed by atoms with Gasteiger partial charge in [0.15, 0.2) is 0 Å². The topological polar surface area (TPSA) is 51.7 Å². The molecule has 0 spiro atoms. The van der Waals surface area contributed by atoms with Gasteiger partial charge in [-0.15, -0.1) is 0 Å². The van der Waals surface area contributed by atoms with Gasteiger partial charge >= 0.3 is 0 Å². The summed E-state index contributed by atoms with van der Waals surface area (Å²) in [5.41, 5.74) is 0. The molecule has 0 aromatic heterocycles. The third-order valence-electron chi connectivity index (χ3n) is 0. The molecule has 0 aliphatic rings. The van der Waals surface area contributed by atoms with Crippen LogP contribution in [0, 0.1) is 0 Å². The van der Waals surface area contributed by atoms with E-state index >= 15 is 0 Å². The first kappa shape index (κ1) is 20.9. The van der Waals surface area contributed by atoms with E-state index in [1.807, 2.05) is 0 Å². The molecule has 30 valence electrons. The molecule has 0 saturated carbocycles. The van der Waals surface area contributed by atoms with Crippen molar-refractivity contribution in [1.29, 1.82) is 0 Å². The first-order chi connectivity index (χ1) is 1.00. The molecule has 0 rings (SSSR count). The smallest absolute Gasteiger partial charge is 0 e. The van der Waals surface area contributed by atoms with Crippen LogP contribution < -0.4 is 0 Å². The van der Waals surface area contributed by atoms with E-state index in [2.05, 4.69) is 0 Å². The van der Waals surface area contributed by atoms with Gasteiger partial charge in [-0.25, -0.2) is 0 Å². The van der Waals surface area contributed by atoms with E-state index in [-0.39, 0.29) is 22.5 Å². The number of rotatable bonds is 0. The quantitative estimate of drug-likeness (QED) is 0.324. The van der Waals surface area contributed by atoms with Gasteiger partial charge in [-0.3, -0.25) is 0 Å². The van der Waals surface area contributed by atoms with E-state index in [0.717, 1.165) is 0 Å². The monoisotopic (exact) mass is 124 g/mol. The van der Waals surface area contributed by atoms with Crippen molar-refractivity contribution in [3.8, 4) is 0 Å². The fourth-order valence-corrected chi connectivity index (χ4v) is 0. The third-order valence-corrected chi connectivity index (χ3v) is 0. The second-order valence-corrected chi connectivity index (χ2v) is 0. The fourth-order valence-electron chi connectivity index (χ4n) is 0. The molecule has 4 heavy (non-hydrogen) atoms. The van der Waals surface area contributed by atoms with E-state index in [0.29, 0.717) is 0 Å². The maximum absolute atomic E-state index is 6.92. The first-order valence-corrected chi connectivity index (χ1v) is 0.775. The molecular weight excluding hydrogens is 119 g/mol. The van der Waals surface area contributed by atoms with Gasteiger partial charge in [0.1, 0.15) is 0 Å². The molecule has 0 fully saturated rings. The summed E-state index contributed by atoms with van der Waals surface area (Å²) < 4.78 is 0. The van der Waals surface area contributed by atoms with E-state index < -0.39 is 0 Å². The Hall–Kier alpha value is 0.869. The fraction of sp³-hybridized carbons (Fsp3) is 0. The SMILES string of the molecule is O.OP.[Fe]. The Morgan fingerprint density at radius 2 is 1.25 bits per heavy atom. The molecule has 0 aliphatic carbocycles. The van der Waals surface area contributed by atoms with Crippen LogP contribution in [0.3, 0.4) is 0 Å². The zero-order valence-corrected chi connectivity index (χ0v) is 4.14. The average molecular weight is 124 g/mol. The second-order valence-electron chi connectivity index (χ2n) is 0. The molecule has 1 unspecified atom stereocenters. The number of hydrogen-bond acceptors (Lipinski definition) is 1. The summed E-state index contributed by atoms with van der Waals surface area (Å²) in [7, 11) is 1.42. The van der Waals surface area contributed by atoms with Gasteiger partial charge in [0.05, 0.1) is 0 Å². The van der Waals surface area contributed by atoms with Gasteiger partial charge in [0.2, 0.25) is 0 Å². The molecule has 0 aliphatic heterocycles. The van der Waals surface area contributed by atoms with Crippen molar-refractivity contribution >= 4 is 9.47 Å². The molecule has 0 bridgehead atoms. The van der Waals surface area contributed by atoms with Gasteiger partial charge in [-0.05, 0) is 9.47 Å². The first-order valence-electron chi connectivity index (χ1n) is 0.258. The minimum atomic E-state index is 0. The van der Waals surface area contributed by atoms with Crippen molar-refractivity contribution in [3.05, 3.63) is 0 Å². The largest absolute Gasteiger partial charge is 0.412 e. The van der Waals surface area contributed by atoms with Crippen LogP contribution in [0.25, 0.3) is 0 Å². The Balaban J connectivity index is -0.00000000500. The molecule has 0 radical (unpaired) electrons. The Bertz CT molecular complexity index is 6.00. The van der Waals surface area contributed by atoms with Crippen LogP contribution in [0.5, 0.6) is 0 Å². The molecule has 0 aromatic rings. The molecule has 0 heterocycles. The Labute approximate surface area is 37.7 Å². The van der Waals surface area contributed by atoms with Crippen molar-refractivity contribution < 1.29 is 27.4 Å². The molecule has 2 nitrogen and oxygen atoms in total. The van der Waals surface area contributed by atoms with Gasteiger partial charge in [0, 0.05) is 17.1 Å². The Morgan fingerprint density at radius 1 is 1.25 bits per heavy atom. The van der Waals surface area contributed by atoms with E-state index in [1.165, 1.54) is 9.47 Å². The maximum atomic E-state index is 6.92. The van der Waals surface area contributed by atoms with E-state index in [4.69, 9.17) is 4.89 Å². The van der Waals surface area contributed by atoms with Crippen molar-refractivity contribution in [1.82, 2.24) is 0 Å². The van der Waals surface area contributed by atoms with Crippen molar-refractivity contribution in [2.75, 3.05) is 0 Å². The predicted molar refractivity (Wildman–Crippen MR) is 15.5 cm³/mol. The van der Waals surface area contributed by atoms with Crippen LogP contribution in [-0.4, -0.2) is 10.4 Å². The zero-order valence-electron chi connectivity index (χ0n) is 1.88. The van der Waals surface area contributed by atoms with Crippen LogP contribution >= 0.6 is 9.47 Å². The molecule has 3 N–H and O–H groups in total.